The molecule has 1 saturated heterocycles. The number of para-hydroxylation sites is 2. The monoisotopic (exact) mass is 365 g/mol. The predicted molar refractivity (Wildman–Crippen MR) is 103 cm³/mol. The fourth-order valence-corrected chi connectivity index (χ4v) is 3.78. The Morgan fingerprint density at radius 1 is 1.15 bits per heavy atom. The van der Waals surface area contributed by atoms with Gasteiger partial charge in [-0.05, 0) is 24.6 Å². The first kappa shape index (κ1) is 17.4. The number of nitrogens with zero attached hydrogens (tertiary/aromatic N) is 2. The van der Waals surface area contributed by atoms with Crippen molar-refractivity contribution in [2.75, 3.05) is 18.0 Å². The number of rotatable bonds is 3. The zero-order valence-corrected chi connectivity index (χ0v) is 15.3. The molecule has 2 aromatic carbocycles. The molecule has 4 rings (SSSR count). The van der Waals surface area contributed by atoms with Crippen molar-refractivity contribution in [2.24, 2.45) is 0 Å². The van der Waals surface area contributed by atoms with Crippen molar-refractivity contribution in [3.8, 4) is 5.75 Å². The van der Waals surface area contributed by atoms with E-state index in [2.05, 4.69) is 5.32 Å². The van der Waals surface area contributed by atoms with Crippen molar-refractivity contribution < 1.29 is 14.3 Å². The summed E-state index contributed by atoms with van der Waals surface area (Å²) in [5, 5.41) is 2.81. The summed E-state index contributed by atoms with van der Waals surface area (Å²) in [6.45, 7) is 3.24. The van der Waals surface area contributed by atoms with Gasteiger partial charge in [0.2, 0.25) is 5.91 Å². The highest BCUT2D eigenvalue weighted by molar-refractivity contribution is 6.00. The van der Waals surface area contributed by atoms with Crippen molar-refractivity contribution in [3.05, 3.63) is 60.2 Å². The fourth-order valence-electron chi connectivity index (χ4n) is 3.78. The summed E-state index contributed by atoms with van der Waals surface area (Å²) in [5.41, 5.74) is 1.78. The standard InChI is InChI=1S/C21H23N3O3/c1-2-22-21(26)24-14-16-12-18(24)20(25)23(13-15-8-4-3-5-9-15)17-10-6-7-11-19(17)27-16/h3-11,16,18H,2,12-14H2,1H3,(H,22,26)/t16-,18-/m0/s1. The second-order valence-electron chi connectivity index (χ2n) is 6.86. The van der Waals surface area contributed by atoms with E-state index < -0.39 is 6.04 Å². The molecule has 6 nitrogen and oxygen atoms in total. The van der Waals surface area contributed by atoms with E-state index in [4.69, 9.17) is 4.74 Å². The molecule has 27 heavy (non-hydrogen) atoms. The van der Waals surface area contributed by atoms with Crippen LogP contribution in [0.15, 0.2) is 54.6 Å². The Labute approximate surface area is 158 Å². The third kappa shape index (κ3) is 3.35. The van der Waals surface area contributed by atoms with Crippen LogP contribution in [0.4, 0.5) is 10.5 Å². The molecule has 2 aromatic rings. The summed E-state index contributed by atoms with van der Waals surface area (Å²) in [4.78, 5) is 29.3. The van der Waals surface area contributed by atoms with E-state index in [-0.39, 0.29) is 18.0 Å². The number of anilines is 1. The van der Waals surface area contributed by atoms with E-state index in [1.54, 1.807) is 9.80 Å². The van der Waals surface area contributed by atoms with Crippen LogP contribution >= 0.6 is 0 Å². The molecule has 2 atom stereocenters. The second-order valence-corrected chi connectivity index (χ2v) is 6.86. The minimum Gasteiger partial charge on any atom is -0.486 e. The van der Waals surface area contributed by atoms with Gasteiger partial charge in [-0.3, -0.25) is 4.79 Å². The molecular formula is C21H23N3O3. The van der Waals surface area contributed by atoms with E-state index in [0.29, 0.717) is 31.8 Å². The third-order valence-electron chi connectivity index (χ3n) is 5.04. The third-order valence-corrected chi connectivity index (χ3v) is 5.04. The summed E-state index contributed by atoms with van der Waals surface area (Å²) in [5.74, 6) is 0.617. The molecule has 0 radical (unpaired) electrons. The van der Waals surface area contributed by atoms with Crippen molar-refractivity contribution in [2.45, 2.75) is 32.0 Å². The van der Waals surface area contributed by atoms with Crippen molar-refractivity contribution in [3.63, 3.8) is 0 Å². The number of fused-ring (bicyclic) bond motifs is 3. The van der Waals surface area contributed by atoms with E-state index in [1.165, 1.54) is 0 Å². The molecular weight excluding hydrogens is 342 g/mol. The van der Waals surface area contributed by atoms with Crippen LogP contribution in [-0.2, 0) is 11.3 Å². The number of hydrogen-bond donors (Lipinski definition) is 1. The maximum absolute atomic E-state index is 13.5. The highest BCUT2D eigenvalue weighted by atomic mass is 16.5. The van der Waals surface area contributed by atoms with Gasteiger partial charge in [-0.2, -0.15) is 0 Å². The van der Waals surface area contributed by atoms with Crippen molar-refractivity contribution in [1.29, 1.82) is 0 Å². The van der Waals surface area contributed by atoms with Crippen LogP contribution in [0.5, 0.6) is 5.75 Å². The summed E-state index contributed by atoms with van der Waals surface area (Å²) < 4.78 is 6.19. The number of benzene rings is 2. The van der Waals surface area contributed by atoms with Gasteiger partial charge in [0.1, 0.15) is 17.9 Å². The molecule has 0 aromatic heterocycles. The number of likely N-dealkylation sites (tertiary alicyclic amines) is 1. The summed E-state index contributed by atoms with van der Waals surface area (Å²) in [7, 11) is 0. The Hall–Kier alpha value is -3.02. The van der Waals surface area contributed by atoms with E-state index in [0.717, 1.165) is 11.3 Å². The van der Waals surface area contributed by atoms with Gasteiger partial charge in [-0.25, -0.2) is 4.79 Å². The van der Waals surface area contributed by atoms with E-state index in [1.807, 2.05) is 61.5 Å². The average molecular weight is 365 g/mol. The smallest absolute Gasteiger partial charge is 0.318 e. The molecule has 1 N–H and O–H groups in total. The van der Waals surface area contributed by atoms with E-state index >= 15 is 0 Å². The first-order chi connectivity index (χ1) is 13.2. The largest absolute Gasteiger partial charge is 0.486 e. The van der Waals surface area contributed by atoms with Crippen molar-refractivity contribution in [1.82, 2.24) is 10.2 Å². The Kier molecular flexibility index (Phi) is 4.71. The molecule has 2 heterocycles. The van der Waals surface area contributed by atoms with Gasteiger partial charge in [-0.1, -0.05) is 42.5 Å². The number of ether oxygens (including phenoxy) is 1. The number of hydrogen-bond acceptors (Lipinski definition) is 3. The summed E-state index contributed by atoms with van der Waals surface area (Å²) >= 11 is 0. The van der Waals surface area contributed by atoms with Gasteiger partial charge < -0.3 is 19.9 Å². The normalized spacial score (nSPS) is 21.1. The van der Waals surface area contributed by atoms with Crippen LogP contribution in [0, 0.1) is 0 Å². The summed E-state index contributed by atoms with van der Waals surface area (Å²) in [6, 6.07) is 16.7. The van der Waals surface area contributed by atoms with Crippen LogP contribution in [0.1, 0.15) is 18.9 Å². The Bertz CT molecular complexity index is 840. The lowest BCUT2D eigenvalue weighted by Gasteiger charge is -2.31. The molecule has 0 aliphatic carbocycles. The molecule has 0 unspecified atom stereocenters. The molecule has 0 spiro atoms. The molecule has 3 amide bonds. The zero-order valence-electron chi connectivity index (χ0n) is 15.3. The minimum atomic E-state index is -0.515. The summed E-state index contributed by atoms with van der Waals surface area (Å²) in [6.07, 6.45) is 0.330. The Morgan fingerprint density at radius 3 is 2.67 bits per heavy atom. The fraction of sp³-hybridized carbons (Fsp3) is 0.333. The minimum absolute atomic E-state index is 0.0663. The van der Waals surface area contributed by atoms with E-state index in [9.17, 15) is 9.59 Å². The first-order valence-corrected chi connectivity index (χ1v) is 9.33. The van der Waals surface area contributed by atoms with Gasteiger partial charge in [0.25, 0.3) is 0 Å². The lowest BCUT2D eigenvalue weighted by atomic mass is 10.1. The lowest BCUT2D eigenvalue weighted by Crippen LogP contribution is -2.50. The highest BCUT2D eigenvalue weighted by Crippen LogP contribution is 2.36. The number of urea groups is 1. The molecule has 2 bridgehead atoms. The van der Waals surface area contributed by atoms with Gasteiger partial charge in [0.15, 0.2) is 0 Å². The Balaban J connectivity index is 1.72. The number of nitrogens with one attached hydrogen (secondary N) is 1. The Morgan fingerprint density at radius 2 is 1.89 bits per heavy atom. The number of carbonyl (C=O) groups is 2. The van der Waals surface area contributed by atoms with Crippen LogP contribution in [0.2, 0.25) is 0 Å². The topological polar surface area (TPSA) is 61.9 Å². The molecule has 1 fully saturated rings. The van der Waals surface area contributed by atoms with Crippen LogP contribution in [0.25, 0.3) is 0 Å². The molecule has 2 aliphatic heterocycles. The van der Waals surface area contributed by atoms with Crippen LogP contribution in [0.3, 0.4) is 0 Å². The maximum Gasteiger partial charge on any atom is 0.318 e. The van der Waals surface area contributed by atoms with Gasteiger partial charge in [-0.15, -0.1) is 0 Å². The van der Waals surface area contributed by atoms with Crippen LogP contribution in [-0.4, -0.2) is 42.1 Å². The number of carbonyl (C=O) groups excluding carboxylic acids is 2. The first-order valence-electron chi connectivity index (χ1n) is 9.33. The van der Waals surface area contributed by atoms with Crippen molar-refractivity contribution >= 4 is 17.6 Å². The average Bonchev–Trinajstić information content (AvgIpc) is 3.12. The zero-order chi connectivity index (χ0) is 18.8. The number of amides is 3. The maximum atomic E-state index is 13.5. The lowest BCUT2D eigenvalue weighted by molar-refractivity contribution is -0.122. The predicted octanol–water partition coefficient (Wildman–Crippen LogP) is 2.78. The molecule has 2 aliphatic rings. The van der Waals surface area contributed by atoms with Gasteiger partial charge >= 0.3 is 6.03 Å². The molecule has 0 saturated carbocycles. The molecule has 6 heteroatoms. The highest BCUT2D eigenvalue weighted by Gasteiger charge is 2.44. The van der Waals surface area contributed by atoms with Gasteiger partial charge in [0, 0.05) is 13.0 Å². The van der Waals surface area contributed by atoms with Gasteiger partial charge in [0.05, 0.1) is 18.8 Å². The molecule has 140 valence electrons. The quantitative estimate of drug-likeness (QED) is 0.910. The SMILES string of the molecule is CCNC(=O)N1C[C@@H]2C[C@H]1C(=O)N(Cc1ccccc1)c1ccccc1O2. The second kappa shape index (κ2) is 7.31. The van der Waals surface area contributed by atoms with Crippen LogP contribution < -0.4 is 15.0 Å².